The van der Waals surface area contributed by atoms with Crippen molar-refractivity contribution in [3.8, 4) is 0 Å². The Kier molecular flexibility index (Phi) is 1.25. The molecule has 0 aromatic carbocycles. The maximum absolute atomic E-state index is 11.3. The summed E-state index contributed by atoms with van der Waals surface area (Å²) in [6.45, 7) is 0.610. The average molecular weight is 184 g/mol. The van der Waals surface area contributed by atoms with Crippen LogP contribution in [-0.2, 0) is 14.3 Å². The van der Waals surface area contributed by atoms with Crippen LogP contribution in [0.1, 0.15) is 6.42 Å². The largest absolute Gasteiger partial charge is 0.465 e. The third-order valence-corrected chi connectivity index (χ3v) is 4.61. The molecule has 0 saturated carbocycles. The zero-order valence-corrected chi connectivity index (χ0v) is 9.03. The molecule has 0 N–H and O–H groups in total. The fourth-order valence-corrected chi connectivity index (χ4v) is 3.91. The summed E-state index contributed by atoms with van der Waals surface area (Å²) in [6.07, 6.45) is 1.74. The number of ether oxygens (including phenoxy) is 2. The minimum Gasteiger partial charge on any atom is -0.465 e. The molecule has 3 nitrogen and oxygen atoms in total. The average Bonchev–Trinajstić information content (AvgIpc) is 2.62. The summed E-state index contributed by atoms with van der Waals surface area (Å²) in [5, 5.41) is 0. The van der Waals surface area contributed by atoms with Gasteiger partial charge >= 0.3 is 5.97 Å². The van der Waals surface area contributed by atoms with Crippen LogP contribution in [-0.4, -0.2) is 35.0 Å². The number of fused-ring (bicyclic) bond motifs is 5. The molecule has 5 atom stereocenters. The lowest BCUT2D eigenvalue weighted by molar-refractivity contribution is -0.143. The van der Waals surface area contributed by atoms with Crippen LogP contribution in [0, 0.1) is 11.8 Å². The maximum atomic E-state index is 11.3. The molecule has 3 saturated heterocycles. The van der Waals surface area contributed by atoms with Crippen LogP contribution in [0.5, 0.6) is 0 Å². The molecule has 66 valence electrons. The first-order chi connectivity index (χ1) is 5.77. The first-order valence-electron chi connectivity index (χ1n) is 4.59. The molecule has 3 heterocycles. The van der Waals surface area contributed by atoms with E-state index in [1.54, 1.807) is 0 Å². The van der Waals surface area contributed by atoms with E-state index in [1.165, 1.54) is 6.42 Å². The lowest BCUT2D eigenvalue weighted by atomic mass is 9.81. The van der Waals surface area contributed by atoms with E-state index in [-0.39, 0.29) is 18.0 Å². The predicted molar refractivity (Wildman–Crippen MR) is 44.9 cm³/mol. The first-order valence-corrected chi connectivity index (χ1v) is 5.75. The van der Waals surface area contributed by atoms with Crippen molar-refractivity contribution in [2.45, 2.75) is 24.2 Å². The monoisotopic (exact) mass is 184 g/mol. The molecule has 0 aromatic rings. The van der Waals surface area contributed by atoms with Gasteiger partial charge in [-0.3, -0.25) is 4.79 Å². The van der Waals surface area contributed by atoms with Gasteiger partial charge in [0.05, 0.1) is 24.7 Å². The van der Waals surface area contributed by atoms with Crippen LogP contribution in [0.25, 0.3) is 0 Å². The molecule has 0 aromatic heterocycles. The Morgan fingerprint density at radius 2 is 2.33 bits per heavy atom. The van der Waals surface area contributed by atoms with Crippen molar-refractivity contribution in [1.82, 2.24) is 0 Å². The van der Waals surface area contributed by atoms with Crippen molar-refractivity contribution in [3.63, 3.8) is 0 Å². The Bertz CT molecular complexity index is 242. The second-order valence-corrected chi connectivity index (χ2v) is 5.65. The number of carbonyl (C=O) groups excluding carboxylic acids is 1. The number of esters is 1. The SMILES string of the molecule is O=C1OCC2C3CC([SiH3])C(O3)C12. The van der Waals surface area contributed by atoms with Crippen molar-refractivity contribution >= 4 is 16.2 Å². The topological polar surface area (TPSA) is 35.5 Å². The normalized spacial score (nSPS) is 56.0. The van der Waals surface area contributed by atoms with E-state index >= 15 is 0 Å². The third-order valence-electron chi connectivity index (χ3n) is 3.48. The lowest BCUT2D eigenvalue weighted by Gasteiger charge is -2.21. The van der Waals surface area contributed by atoms with E-state index in [9.17, 15) is 4.79 Å². The molecule has 3 aliphatic heterocycles. The van der Waals surface area contributed by atoms with E-state index in [0.29, 0.717) is 24.2 Å². The number of hydrogen-bond donors (Lipinski definition) is 0. The molecule has 0 amide bonds. The quantitative estimate of drug-likeness (QED) is 0.361. The summed E-state index contributed by atoms with van der Waals surface area (Å²) in [4.78, 5) is 11.3. The summed E-state index contributed by atoms with van der Waals surface area (Å²) in [6, 6.07) is 0. The molecule has 0 spiro atoms. The zero-order chi connectivity index (χ0) is 8.29. The van der Waals surface area contributed by atoms with Crippen LogP contribution in [0.4, 0.5) is 0 Å². The Morgan fingerprint density at radius 1 is 1.50 bits per heavy atom. The van der Waals surface area contributed by atoms with Gasteiger partial charge in [0.25, 0.3) is 0 Å². The van der Waals surface area contributed by atoms with Crippen molar-refractivity contribution in [2.75, 3.05) is 6.61 Å². The molecular formula is C8H12O3Si. The summed E-state index contributed by atoms with van der Waals surface area (Å²) >= 11 is 0. The van der Waals surface area contributed by atoms with E-state index in [2.05, 4.69) is 0 Å². The highest BCUT2D eigenvalue weighted by Gasteiger charge is 2.59. The highest BCUT2D eigenvalue weighted by molar-refractivity contribution is 6.12. The summed E-state index contributed by atoms with van der Waals surface area (Å²) in [7, 11) is 1.15. The van der Waals surface area contributed by atoms with E-state index in [4.69, 9.17) is 9.47 Å². The molecular weight excluding hydrogens is 172 g/mol. The molecule has 3 fully saturated rings. The minimum atomic E-state index is -0.00644. The Labute approximate surface area is 73.8 Å². The van der Waals surface area contributed by atoms with Gasteiger partial charge in [-0.2, -0.15) is 0 Å². The van der Waals surface area contributed by atoms with E-state index in [1.807, 2.05) is 0 Å². The Balaban J connectivity index is 1.95. The fourth-order valence-electron chi connectivity index (χ4n) is 2.88. The molecule has 0 aliphatic carbocycles. The highest BCUT2D eigenvalue weighted by atomic mass is 28.1. The third kappa shape index (κ3) is 0.677. The number of cyclic esters (lactones) is 1. The van der Waals surface area contributed by atoms with Gasteiger partial charge in [-0.15, -0.1) is 0 Å². The van der Waals surface area contributed by atoms with E-state index in [0.717, 1.165) is 10.2 Å². The van der Waals surface area contributed by atoms with Gasteiger partial charge in [-0.1, -0.05) is 0 Å². The van der Waals surface area contributed by atoms with Gasteiger partial charge in [-0.25, -0.2) is 0 Å². The van der Waals surface area contributed by atoms with Crippen molar-refractivity contribution in [1.29, 1.82) is 0 Å². The predicted octanol–water partition coefficient (Wildman–Crippen LogP) is -0.899. The van der Waals surface area contributed by atoms with Crippen molar-refractivity contribution < 1.29 is 14.3 Å². The lowest BCUT2D eigenvalue weighted by Crippen LogP contribution is -2.31. The van der Waals surface area contributed by atoms with Gasteiger partial charge in [0.15, 0.2) is 0 Å². The summed E-state index contributed by atoms with van der Waals surface area (Å²) < 4.78 is 10.8. The van der Waals surface area contributed by atoms with Gasteiger partial charge in [0.1, 0.15) is 0 Å². The van der Waals surface area contributed by atoms with Gasteiger partial charge in [-0.05, 0) is 12.0 Å². The van der Waals surface area contributed by atoms with Crippen LogP contribution < -0.4 is 0 Å². The Morgan fingerprint density at radius 3 is 3.17 bits per heavy atom. The first kappa shape index (κ1) is 7.09. The summed E-state index contributed by atoms with van der Waals surface area (Å²) in [5.41, 5.74) is 0.682. The maximum Gasteiger partial charge on any atom is 0.312 e. The van der Waals surface area contributed by atoms with Crippen LogP contribution in [0.3, 0.4) is 0 Å². The molecule has 5 unspecified atom stereocenters. The highest BCUT2D eigenvalue weighted by Crippen LogP contribution is 2.51. The summed E-state index contributed by atoms with van der Waals surface area (Å²) in [5.74, 6) is 0.493. The van der Waals surface area contributed by atoms with E-state index < -0.39 is 0 Å². The molecule has 0 radical (unpaired) electrons. The van der Waals surface area contributed by atoms with Crippen LogP contribution >= 0.6 is 0 Å². The van der Waals surface area contributed by atoms with Crippen LogP contribution in [0.15, 0.2) is 0 Å². The standard InChI is InChI=1S/C8H12O3Si/c9-8-6-3(2-10-8)4-1-5(12)7(6)11-4/h3-7H,1-2H2,12H3. The smallest absolute Gasteiger partial charge is 0.312 e. The van der Waals surface area contributed by atoms with Gasteiger partial charge in [0, 0.05) is 16.2 Å². The number of rotatable bonds is 0. The Hall–Kier alpha value is -0.353. The second kappa shape index (κ2) is 2.11. The molecule has 3 rings (SSSR count). The number of carbonyl (C=O) groups is 1. The van der Waals surface area contributed by atoms with Gasteiger partial charge < -0.3 is 9.47 Å². The molecule has 4 heteroatoms. The zero-order valence-electron chi connectivity index (χ0n) is 7.03. The van der Waals surface area contributed by atoms with Gasteiger partial charge in [0.2, 0.25) is 0 Å². The molecule has 2 bridgehead atoms. The van der Waals surface area contributed by atoms with Crippen LogP contribution in [0.2, 0.25) is 5.54 Å². The fraction of sp³-hybridized carbons (Fsp3) is 0.875. The molecule has 3 aliphatic rings. The van der Waals surface area contributed by atoms with Crippen molar-refractivity contribution in [2.24, 2.45) is 11.8 Å². The van der Waals surface area contributed by atoms with Crippen molar-refractivity contribution in [3.05, 3.63) is 0 Å². The minimum absolute atomic E-state index is 0.00644. The number of hydrogen-bond acceptors (Lipinski definition) is 3. The molecule has 12 heavy (non-hydrogen) atoms. The second-order valence-electron chi connectivity index (χ2n) is 4.17.